The molecule has 3 heterocycles. The van der Waals surface area contributed by atoms with Crippen LogP contribution in [0.25, 0.3) is 0 Å². The number of hydrogen-bond donors (Lipinski definition) is 5. The Bertz CT molecular complexity index is 1140. The fourth-order valence-electron chi connectivity index (χ4n) is 3.21. The Hall–Kier alpha value is -4.02. The molecule has 0 bridgehead atoms. The number of amides is 4. The van der Waals surface area contributed by atoms with Gasteiger partial charge in [-0.15, -0.1) is 0 Å². The van der Waals surface area contributed by atoms with Gasteiger partial charge in [-0.3, -0.25) is 40.0 Å². The van der Waals surface area contributed by atoms with Gasteiger partial charge in [-0.2, -0.15) is 0 Å². The molecule has 1 unspecified atom stereocenters. The van der Waals surface area contributed by atoms with E-state index in [1.54, 1.807) is 24.3 Å². The second-order valence-corrected chi connectivity index (χ2v) is 5.93. The first-order valence-corrected chi connectivity index (χ1v) is 7.75. The van der Waals surface area contributed by atoms with Crippen LogP contribution in [0.1, 0.15) is 22.7 Å². The summed E-state index contributed by atoms with van der Waals surface area (Å²) in [6.45, 7) is 0. The van der Waals surface area contributed by atoms with E-state index >= 15 is 0 Å². The summed E-state index contributed by atoms with van der Waals surface area (Å²) < 4.78 is 0. The van der Waals surface area contributed by atoms with Crippen molar-refractivity contribution in [2.45, 2.75) is 6.04 Å². The van der Waals surface area contributed by atoms with Crippen molar-refractivity contribution in [1.29, 1.82) is 0 Å². The summed E-state index contributed by atoms with van der Waals surface area (Å²) in [7, 11) is 0. The number of nitrogens with zero attached hydrogens (tertiary/aromatic N) is 1. The number of rotatable bonds is 2. The molecule has 1 saturated heterocycles. The monoisotopic (exact) mass is 369 g/mol. The summed E-state index contributed by atoms with van der Waals surface area (Å²) in [4.78, 5) is 67.6. The minimum Gasteiger partial charge on any atom is -0.494 e. The fourth-order valence-corrected chi connectivity index (χ4v) is 3.21. The highest BCUT2D eigenvalue weighted by Crippen LogP contribution is 2.38. The smallest absolute Gasteiger partial charge is 0.328 e. The summed E-state index contributed by atoms with van der Waals surface area (Å²) in [6, 6.07) is 4.58. The predicted molar refractivity (Wildman–Crippen MR) is 89.3 cm³/mol. The van der Waals surface area contributed by atoms with Crippen LogP contribution in [0.15, 0.2) is 38.8 Å². The average molecular weight is 369 g/mol. The van der Waals surface area contributed by atoms with Gasteiger partial charge >= 0.3 is 11.7 Å². The van der Waals surface area contributed by atoms with Crippen molar-refractivity contribution < 1.29 is 19.5 Å². The van der Waals surface area contributed by atoms with E-state index in [2.05, 4.69) is 9.98 Å². The Labute approximate surface area is 149 Å². The molecular formula is C16H11N5O6. The van der Waals surface area contributed by atoms with Gasteiger partial charge in [-0.25, -0.2) is 9.59 Å². The Morgan fingerprint density at radius 2 is 1.59 bits per heavy atom. The van der Waals surface area contributed by atoms with Crippen molar-refractivity contribution in [1.82, 2.24) is 20.6 Å². The maximum absolute atomic E-state index is 12.2. The number of aromatic hydroxyl groups is 1. The lowest BCUT2D eigenvalue weighted by molar-refractivity contribution is -0.136. The lowest BCUT2D eigenvalue weighted by Crippen LogP contribution is -2.56. The summed E-state index contributed by atoms with van der Waals surface area (Å²) in [5, 5.41) is 14.1. The maximum Gasteiger partial charge on any atom is 0.328 e. The number of aliphatic imine (C=N–C) groups is 1. The van der Waals surface area contributed by atoms with E-state index in [1.807, 2.05) is 15.6 Å². The van der Waals surface area contributed by atoms with Crippen LogP contribution in [-0.2, 0) is 9.59 Å². The quantitative estimate of drug-likeness (QED) is 0.409. The predicted octanol–water partition coefficient (Wildman–Crippen LogP) is -1.36. The normalized spacial score (nSPS) is 19.3. The van der Waals surface area contributed by atoms with E-state index in [-0.39, 0.29) is 11.3 Å². The first-order chi connectivity index (χ1) is 12.9. The molecule has 27 heavy (non-hydrogen) atoms. The number of fused-ring (bicyclic) bond motifs is 1. The minimum atomic E-state index is -1.34. The van der Waals surface area contributed by atoms with Gasteiger partial charge in [-0.1, -0.05) is 24.3 Å². The van der Waals surface area contributed by atoms with Gasteiger partial charge < -0.3 is 5.11 Å². The van der Waals surface area contributed by atoms with Crippen molar-refractivity contribution >= 4 is 23.6 Å². The van der Waals surface area contributed by atoms with Crippen molar-refractivity contribution in [2.24, 2.45) is 10.9 Å². The van der Waals surface area contributed by atoms with Crippen molar-refractivity contribution in [2.75, 3.05) is 0 Å². The highest BCUT2D eigenvalue weighted by Gasteiger charge is 2.44. The standard InChI is InChI=1S/C16H11N5O6/c22-11-7(12(23)19-15(26)18-11)9-5-3-1-2-4-6(5)10(17-9)8-13(24)20-16(27)21-14(8)25/h1-4,7,9H,(H2,18,19,22,23,26)(H3,20,21,24,25,27). The van der Waals surface area contributed by atoms with Gasteiger partial charge in [0.05, 0.1) is 11.8 Å². The van der Waals surface area contributed by atoms with E-state index in [4.69, 9.17) is 0 Å². The molecule has 2 aliphatic heterocycles. The fraction of sp³-hybridized carbons (Fsp3) is 0.125. The molecule has 0 aliphatic carbocycles. The SMILES string of the molecule is O=C1NC(=O)C(C2N=C(c3c(O)[nH]c(=O)[nH]c3=O)c3ccccc32)C(=O)N1. The number of hydrogen-bond acceptors (Lipinski definition) is 7. The molecule has 1 aromatic heterocycles. The van der Waals surface area contributed by atoms with Gasteiger partial charge in [0.1, 0.15) is 11.5 Å². The summed E-state index contributed by atoms with van der Waals surface area (Å²) in [5.41, 5.74) is -1.18. The van der Waals surface area contributed by atoms with Gasteiger partial charge in [0.15, 0.2) is 0 Å². The highest BCUT2D eigenvalue weighted by molar-refractivity contribution is 6.20. The number of H-pyrrole nitrogens is 2. The topological polar surface area (TPSA) is 174 Å². The number of imide groups is 2. The van der Waals surface area contributed by atoms with Crippen LogP contribution in [0, 0.1) is 5.92 Å². The molecule has 5 N–H and O–H groups in total. The molecule has 0 radical (unpaired) electrons. The molecule has 136 valence electrons. The van der Waals surface area contributed by atoms with Crippen LogP contribution < -0.4 is 21.9 Å². The van der Waals surface area contributed by atoms with Crippen LogP contribution in [0.5, 0.6) is 5.88 Å². The molecule has 11 heteroatoms. The summed E-state index contributed by atoms with van der Waals surface area (Å²) >= 11 is 0. The number of nitrogens with one attached hydrogen (secondary N) is 4. The number of carbonyl (C=O) groups excluding carboxylic acids is 3. The Morgan fingerprint density at radius 1 is 0.926 bits per heavy atom. The van der Waals surface area contributed by atoms with Crippen LogP contribution in [0.3, 0.4) is 0 Å². The van der Waals surface area contributed by atoms with E-state index in [9.17, 15) is 29.1 Å². The molecule has 1 fully saturated rings. The van der Waals surface area contributed by atoms with Gasteiger partial charge in [0.2, 0.25) is 17.7 Å². The second kappa shape index (κ2) is 5.76. The molecule has 4 amide bonds. The summed E-state index contributed by atoms with van der Waals surface area (Å²) in [6.07, 6.45) is 0. The molecule has 1 aromatic carbocycles. The first kappa shape index (κ1) is 16.4. The highest BCUT2D eigenvalue weighted by atomic mass is 16.3. The Kier molecular flexibility index (Phi) is 3.51. The first-order valence-electron chi connectivity index (χ1n) is 7.75. The van der Waals surface area contributed by atoms with Crippen LogP contribution in [0.4, 0.5) is 4.79 Å². The third-order valence-corrected chi connectivity index (χ3v) is 4.32. The lowest BCUT2D eigenvalue weighted by Gasteiger charge is -2.24. The van der Waals surface area contributed by atoms with Crippen molar-refractivity contribution in [3.63, 3.8) is 0 Å². The van der Waals surface area contributed by atoms with Crippen LogP contribution in [0.2, 0.25) is 0 Å². The zero-order chi connectivity index (χ0) is 19.3. The number of urea groups is 1. The molecule has 4 rings (SSSR count). The van der Waals surface area contributed by atoms with Crippen molar-refractivity contribution in [3.05, 3.63) is 61.8 Å². The van der Waals surface area contributed by atoms with E-state index in [0.29, 0.717) is 11.1 Å². The molecule has 0 saturated carbocycles. The molecule has 2 aliphatic rings. The minimum absolute atomic E-state index is 0.0168. The third kappa shape index (κ3) is 2.52. The number of benzene rings is 1. The number of barbiturate groups is 1. The van der Waals surface area contributed by atoms with E-state index in [1.165, 1.54) is 0 Å². The third-order valence-electron chi connectivity index (χ3n) is 4.32. The average Bonchev–Trinajstić information content (AvgIpc) is 2.93. The largest absolute Gasteiger partial charge is 0.494 e. The Morgan fingerprint density at radius 3 is 2.26 bits per heavy atom. The molecule has 2 aromatic rings. The number of carbonyl (C=O) groups is 3. The molecule has 0 spiro atoms. The van der Waals surface area contributed by atoms with E-state index < -0.39 is 46.9 Å². The van der Waals surface area contributed by atoms with Gasteiger partial charge in [0.25, 0.3) is 5.56 Å². The van der Waals surface area contributed by atoms with E-state index in [0.717, 1.165) is 0 Å². The zero-order valence-corrected chi connectivity index (χ0v) is 13.4. The van der Waals surface area contributed by atoms with Crippen LogP contribution >= 0.6 is 0 Å². The zero-order valence-electron chi connectivity index (χ0n) is 13.4. The van der Waals surface area contributed by atoms with Crippen molar-refractivity contribution in [3.8, 4) is 5.88 Å². The molecular weight excluding hydrogens is 358 g/mol. The summed E-state index contributed by atoms with van der Waals surface area (Å²) in [5.74, 6) is -3.68. The van der Waals surface area contributed by atoms with Crippen LogP contribution in [-0.4, -0.2) is 38.6 Å². The maximum atomic E-state index is 12.2. The number of aromatic amines is 2. The van der Waals surface area contributed by atoms with Gasteiger partial charge in [0, 0.05) is 5.56 Å². The van der Waals surface area contributed by atoms with Gasteiger partial charge in [-0.05, 0) is 5.56 Å². The molecule has 1 atom stereocenters. The Balaban J connectivity index is 1.90. The number of aromatic nitrogens is 2. The second-order valence-electron chi connectivity index (χ2n) is 5.93. The lowest BCUT2D eigenvalue weighted by atomic mass is 9.89. The molecule has 11 nitrogen and oxygen atoms in total.